The second kappa shape index (κ2) is 3.53. The van der Waals surface area contributed by atoms with E-state index in [1.165, 1.54) is 16.3 Å². The van der Waals surface area contributed by atoms with Crippen molar-refractivity contribution in [2.45, 2.75) is 6.42 Å². The molecule has 0 fully saturated rings. The van der Waals surface area contributed by atoms with Gasteiger partial charge in [0.2, 0.25) is 0 Å². The molecule has 1 aliphatic carbocycles. The van der Waals surface area contributed by atoms with Crippen molar-refractivity contribution in [2.75, 3.05) is 0 Å². The number of rotatable bonds is 0. The molecule has 2 heteroatoms. The zero-order chi connectivity index (χ0) is 6.97. The van der Waals surface area contributed by atoms with Gasteiger partial charge in [0, 0.05) is 21.7 Å². The van der Waals surface area contributed by atoms with Gasteiger partial charge in [-0.2, -0.15) is 0 Å². The summed E-state index contributed by atoms with van der Waals surface area (Å²) in [5, 5.41) is 1.28. The summed E-state index contributed by atoms with van der Waals surface area (Å²) in [6.45, 7) is 0. The van der Waals surface area contributed by atoms with Crippen molar-refractivity contribution in [3.63, 3.8) is 0 Å². The van der Waals surface area contributed by atoms with E-state index in [2.05, 4.69) is 40.6 Å². The van der Waals surface area contributed by atoms with E-state index in [0.717, 1.165) is 6.42 Å². The Morgan fingerprint density at radius 3 is 2.64 bits per heavy atom. The smallest absolute Gasteiger partial charge is 0.0655 e. The summed E-state index contributed by atoms with van der Waals surface area (Å²) in [7, 11) is 3.53. The number of fused-ring (bicyclic) bond motifs is 1. The molecule has 0 bridgehead atoms. The van der Waals surface area contributed by atoms with Crippen molar-refractivity contribution >= 4 is 16.3 Å². The zero-order valence-electron chi connectivity index (χ0n) is 6.09. The fourth-order valence-electron chi connectivity index (χ4n) is 1.28. The summed E-state index contributed by atoms with van der Waals surface area (Å²) in [5.74, 6) is 0. The molecule has 0 N–H and O–H groups in total. The van der Waals surface area contributed by atoms with Crippen LogP contribution in [-0.2, 0) is 28.1 Å². The molecule has 0 heterocycles. The minimum Gasteiger partial charge on any atom is -0.0835 e. The number of benzene rings is 1. The Hall–Kier alpha value is -0.109. The Labute approximate surface area is 85.0 Å². The van der Waals surface area contributed by atoms with Gasteiger partial charge in [0.05, 0.1) is 10.2 Å². The fourth-order valence-corrected chi connectivity index (χ4v) is 1.63. The van der Waals surface area contributed by atoms with E-state index >= 15 is 0 Å². The molecule has 0 saturated carbocycles. The van der Waals surface area contributed by atoms with Crippen LogP contribution in [0.5, 0.6) is 0 Å². The van der Waals surface area contributed by atoms with Crippen molar-refractivity contribution in [2.24, 2.45) is 0 Å². The van der Waals surface area contributed by atoms with Gasteiger partial charge < -0.3 is 0 Å². The molecule has 51 valence electrons. The van der Waals surface area contributed by atoms with Gasteiger partial charge in [-0.3, -0.25) is 0 Å². The third-order valence-electron chi connectivity index (χ3n) is 1.77. The normalized spacial score (nSPS) is 13.4. The minimum atomic E-state index is 0. The molecule has 1 aromatic rings. The predicted octanol–water partition coefficient (Wildman–Crippen LogP) is 1.75. The summed E-state index contributed by atoms with van der Waals surface area (Å²) < 4.78 is 0. The average Bonchev–Trinajstić information content (AvgIpc) is 2.27. The summed E-state index contributed by atoms with van der Waals surface area (Å²) in [6, 6.07) is 8.46. The Bertz CT molecular complexity index is 291. The van der Waals surface area contributed by atoms with Crippen LogP contribution in [0.2, 0.25) is 0 Å². The molecule has 0 amide bonds. The molecule has 1 aliphatic rings. The van der Waals surface area contributed by atoms with E-state index in [1.54, 1.807) is 0 Å². The molecule has 0 unspecified atom stereocenters. The standard InChI is InChI=1S/C9H7Si.Ti/c10-9-5-7-3-1-2-4-8(7)6-9;/h1-5H,6H2;. The third-order valence-corrected chi connectivity index (χ3v) is 2.09. The van der Waals surface area contributed by atoms with Gasteiger partial charge in [-0.15, -0.1) is 0 Å². The second-order valence-electron chi connectivity index (χ2n) is 2.55. The van der Waals surface area contributed by atoms with Gasteiger partial charge >= 0.3 is 0 Å². The van der Waals surface area contributed by atoms with Crippen LogP contribution >= 0.6 is 0 Å². The molecule has 0 saturated heterocycles. The average molecular weight is 191 g/mol. The van der Waals surface area contributed by atoms with Crippen LogP contribution in [0.4, 0.5) is 0 Å². The molecule has 0 aliphatic heterocycles. The van der Waals surface area contributed by atoms with E-state index in [9.17, 15) is 0 Å². The SMILES string of the molecule is [Si]C1=Cc2ccccc2C1.[Ti]. The second-order valence-corrected chi connectivity index (χ2v) is 3.19. The van der Waals surface area contributed by atoms with Crippen LogP contribution < -0.4 is 0 Å². The predicted molar refractivity (Wildman–Crippen MR) is 43.9 cm³/mol. The first-order valence-electron chi connectivity index (χ1n) is 3.36. The summed E-state index contributed by atoms with van der Waals surface area (Å²) >= 11 is 0. The van der Waals surface area contributed by atoms with E-state index in [1.807, 2.05) is 0 Å². The molecule has 0 aromatic heterocycles. The number of allylic oxidation sites excluding steroid dienone is 1. The van der Waals surface area contributed by atoms with Crippen molar-refractivity contribution in [1.29, 1.82) is 0 Å². The Morgan fingerprint density at radius 1 is 1.18 bits per heavy atom. The molecule has 1 aromatic carbocycles. The van der Waals surface area contributed by atoms with Crippen molar-refractivity contribution in [3.8, 4) is 0 Å². The van der Waals surface area contributed by atoms with Crippen molar-refractivity contribution in [1.82, 2.24) is 0 Å². The van der Waals surface area contributed by atoms with E-state index in [4.69, 9.17) is 0 Å². The summed E-state index contributed by atoms with van der Waals surface area (Å²) in [6.07, 6.45) is 3.24. The topological polar surface area (TPSA) is 0 Å². The number of hydrogen-bond acceptors (Lipinski definition) is 0. The van der Waals surface area contributed by atoms with Crippen molar-refractivity contribution in [3.05, 3.63) is 40.6 Å². The molecular formula is C9H7SiTi. The van der Waals surface area contributed by atoms with Crippen LogP contribution in [-0.4, -0.2) is 10.2 Å². The maximum Gasteiger partial charge on any atom is 0.0655 e. The largest absolute Gasteiger partial charge is 0.0835 e. The van der Waals surface area contributed by atoms with Gasteiger partial charge in [0.15, 0.2) is 0 Å². The quantitative estimate of drug-likeness (QED) is 0.548. The van der Waals surface area contributed by atoms with Crippen LogP contribution in [0.1, 0.15) is 11.1 Å². The van der Waals surface area contributed by atoms with Gasteiger partial charge in [-0.1, -0.05) is 35.5 Å². The number of hydrogen-bond donors (Lipinski definition) is 0. The first kappa shape index (κ1) is 8.98. The maximum atomic E-state index is 3.53. The van der Waals surface area contributed by atoms with Gasteiger partial charge in [0.25, 0.3) is 0 Å². The minimum absolute atomic E-state index is 0. The molecule has 3 radical (unpaired) electrons. The maximum absolute atomic E-state index is 3.53. The van der Waals surface area contributed by atoms with Crippen LogP contribution in [0.15, 0.2) is 29.5 Å². The van der Waals surface area contributed by atoms with Gasteiger partial charge in [-0.25, -0.2) is 0 Å². The van der Waals surface area contributed by atoms with Crippen molar-refractivity contribution < 1.29 is 21.7 Å². The van der Waals surface area contributed by atoms with Crippen LogP contribution in [0, 0.1) is 0 Å². The molecular weight excluding hydrogens is 184 g/mol. The molecule has 0 spiro atoms. The molecule has 11 heavy (non-hydrogen) atoms. The first-order chi connectivity index (χ1) is 4.86. The van der Waals surface area contributed by atoms with Gasteiger partial charge in [-0.05, 0) is 17.5 Å². The van der Waals surface area contributed by atoms with Crippen LogP contribution in [0.25, 0.3) is 6.08 Å². The van der Waals surface area contributed by atoms with E-state index < -0.39 is 0 Å². The third kappa shape index (κ3) is 1.73. The zero-order valence-corrected chi connectivity index (χ0v) is 8.66. The molecule has 0 nitrogen and oxygen atoms in total. The van der Waals surface area contributed by atoms with E-state index in [0.29, 0.717) is 0 Å². The Morgan fingerprint density at radius 2 is 1.91 bits per heavy atom. The van der Waals surface area contributed by atoms with Gasteiger partial charge in [0.1, 0.15) is 0 Å². The molecule has 2 rings (SSSR count). The Kier molecular flexibility index (Phi) is 2.88. The summed E-state index contributed by atoms with van der Waals surface area (Å²) in [4.78, 5) is 0. The first-order valence-corrected chi connectivity index (χ1v) is 3.86. The summed E-state index contributed by atoms with van der Waals surface area (Å²) in [5.41, 5.74) is 2.78. The van der Waals surface area contributed by atoms with Crippen LogP contribution in [0.3, 0.4) is 0 Å². The molecule has 0 atom stereocenters. The fraction of sp³-hybridized carbons (Fsp3) is 0.111. The van der Waals surface area contributed by atoms with E-state index in [-0.39, 0.29) is 21.7 Å². The monoisotopic (exact) mass is 191 g/mol. The Balaban J connectivity index is 0.000000605.